The molecule has 0 saturated carbocycles. The summed E-state index contributed by atoms with van der Waals surface area (Å²) in [6.07, 6.45) is 4.27. The van der Waals surface area contributed by atoms with Crippen LogP contribution in [0.15, 0.2) is 0 Å². The lowest BCUT2D eigenvalue weighted by atomic mass is 9.99. The Kier molecular flexibility index (Phi) is 6.65. The van der Waals surface area contributed by atoms with E-state index in [0.29, 0.717) is 5.92 Å². The van der Waals surface area contributed by atoms with Gasteiger partial charge in [-0.15, -0.1) is 0 Å². The fourth-order valence-electron chi connectivity index (χ4n) is 2.48. The number of methoxy groups -OCH3 is 1. The summed E-state index contributed by atoms with van der Waals surface area (Å²) >= 11 is 0. The van der Waals surface area contributed by atoms with Crippen LogP contribution in [0.5, 0.6) is 0 Å². The molecular weight excluding hydrogens is 228 g/mol. The average Bonchev–Trinajstić information content (AvgIpc) is 2.71. The Labute approximate surface area is 111 Å². The minimum atomic E-state index is 0.0161. The maximum absolute atomic E-state index is 12.4. The number of rotatable bonds is 8. The van der Waals surface area contributed by atoms with Crippen molar-refractivity contribution in [3.63, 3.8) is 0 Å². The summed E-state index contributed by atoms with van der Waals surface area (Å²) in [6.45, 7) is 8.05. The number of hydrogen-bond donors (Lipinski definition) is 1. The molecule has 0 aromatic heterocycles. The highest BCUT2D eigenvalue weighted by atomic mass is 16.5. The third-order valence-corrected chi connectivity index (χ3v) is 3.89. The van der Waals surface area contributed by atoms with Gasteiger partial charge in [-0.1, -0.05) is 27.2 Å². The van der Waals surface area contributed by atoms with Crippen LogP contribution >= 0.6 is 0 Å². The van der Waals surface area contributed by atoms with Crippen molar-refractivity contribution in [2.75, 3.05) is 20.3 Å². The van der Waals surface area contributed by atoms with Crippen molar-refractivity contribution in [1.29, 1.82) is 0 Å². The first-order chi connectivity index (χ1) is 8.65. The van der Waals surface area contributed by atoms with Crippen molar-refractivity contribution in [3.05, 3.63) is 0 Å². The predicted molar refractivity (Wildman–Crippen MR) is 73.3 cm³/mol. The van der Waals surface area contributed by atoms with Gasteiger partial charge in [-0.25, -0.2) is 0 Å². The third kappa shape index (κ3) is 3.69. The zero-order chi connectivity index (χ0) is 13.5. The molecule has 4 heteroatoms. The number of unbranched alkanes of at least 4 members (excludes halogenated alkanes) is 1. The van der Waals surface area contributed by atoms with Gasteiger partial charge in [0.2, 0.25) is 5.91 Å². The number of carbonyl (C=O) groups is 1. The molecule has 3 unspecified atom stereocenters. The Hall–Kier alpha value is -0.610. The SMILES string of the molecule is CCC(C)C1NC(CC)N(CCCCOC)C1=O. The summed E-state index contributed by atoms with van der Waals surface area (Å²) in [5, 5.41) is 3.48. The molecule has 1 aliphatic rings. The van der Waals surface area contributed by atoms with Crippen molar-refractivity contribution < 1.29 is 9.53 Å². The smallest absolute Gasteiger partial charge is 0.241 e. The van der Waals surface area contributed by atoms with Crippen LogP contribution in [0.2, 0.25) is 0 Å². The van der Waals surface area contributed by atoms with Crippen molar-refractivity contribution in [2.24, 2.45) is 5.92 Å². The lowest BCUT2D eigenvalue weighted by molar-refractivity contribution is -0.131. The van der Waals surface area contributed by atoms with Gasteiger partial charge in [-0.05, 0) is 25.2 Å². The fraction of sp³-hybridized carbons (Fsp3) is 0.929. The number of carbonyl (C=O) groups excluding carboxylic acids is 1. The summed E-state index contributed by atoms with van der Waals surface area (Å²) in [4.78, 5) is 14.4. The van der Waals surface area contributed by atoms with E-state index in [0.717, 1.165) is 38.8 Å². The van der Waals surface area contributed by atoms with Crippen molar-refractivity contribution in [1.82, 2.24) is 10.2 Å². The molecular formula is C14H28N2O2. The van der Waals surface area contributed by atoms with Gasteiger partial charge in [-0.2, -0.15) is 0 Å². The van der Waals surface area contributed by atoms with Gasteiger partial charge >= 0.3 is 0 Å². The van der Waals surface area contributed by atoms with Crippen LogP contribution in [-0.2, 0) is 9.53 Å². The van der Waals surface area contributed by atoms with Gasteiger partial charge in [0.25, 0.3) is 0 Å². The highest BCUT2D eigenvalue weighted by molar-refractivity contribution is 5.84. The molecule has 0 bridgehead atoms. The molecule has 0 aromatic rings. The molecule has 0 aromatic carbocycles. The topological polar surface area (TPSA) is 41.6 Å². The lowest BCUT2D eigenvalue weighted by Crippen LogP contribution is -2.37. The first-order valence-electron chi connectivity index (χ1n) is 7.21. The molecule has 106 valence electrons. The van der Waals surface area contributed by atoms with Gasteiger partial charge in [0.05, 0.1) is 12.2 Å². The summed E-state index contributed by atoms with van der Waals surface area (Å²) in [5.74, 6) is 0.698. The van der Waals surface area contributed by atoms with Gasteiger partial charge in [0.1, 0.15) is 0 Å². The molecule has 1 heterocycles. The van der Waals surface area contributed by atoms with E-state index in [-0.39, 0.29) is 18.1 Å². The number of hydrogen-bond acceptors (Lipinski definition) is 3. The van der Waals surface area contributed by atoms with Crippen LogP contribution in [0.4, 0.5) is 0 Å². The first-order valence-corrected chi connectivity index (χ1v) is 7.21. The van der Waals surface area contributed by atoms with Gasteiger partial charge in [-0.3, -0.25) is 10.1 Å². The fourth-order valence-corrected chi connectivity index (χ4v) is 2.48. The normalized spacial score (nSPS) is 25.8. The highest BCUT2D eigenvalue weighted by Gasteiger charge is 2.39. The van der Waals surface area contributed by atoms with Crippen LogP contribution in [-0.4, -0.2) is 43.3 Å². The van der Waals surface area contributed by atoms with E-state index < -0.39 is 0 Å². The lowest BCUT2D eigenvalue weighted by Gasteiger charge is -2.22. The minimum absolute atomic E-state index is 0.0161. The second kappa shape index (κ2) is 7.74. The molecule has 1 saturated heterocycles. The van der Waals surface area contributed by atoms with E-state index in [2.05, 4.69) is 26.1 Å². The third-order valence-electron chi connectivity index (χ3n) is 3.89. The molecule has 1 rings (SSSR count). The van der Waals surface area contributed by atoms with Crippen molar-refractivity contribution >= 4 is 5.91 Å². The Morgan fingerprint density at radius 3 is 2.67 bits per heavy atom. The van der Waals surface area contributed by atoms with E-state index in [1.165, 1.54) is 0 Å². The van der Waals surface area contributed by atoms with E-state index >= 15 is 0 Å². The van der Waals surface area contributed by atoms with Gasteiger partial charge in [0.15, 0.2) is 0 Å². The van der Waals surface area contributed by atoms with Crippen LogP contribution in [0.3, 0.4) is 0 Å². The zero-order valence-corrected chi connectivity index (χ0v) is 12.2. The van der Waals surface area contributed by atoms with E-state index in [9.17, 15) is 4.79 Å². The molecule has 1 N–H and O–H groups in total. The van der Waals surface area contributed by atoms with Crippen molar-refractivity contribution in [2.45, 2.75) is 58.7 Å². The van der Waals surface area contributed by atoms with Crippen LogP contribution in [0, 0.1) is 5.92 Å². The largest absolute Gasteiger partial charge is 0.385 e. The first kappa shape index (κ1) is 15.4. The molecule has 0 radical (unpaired) electrons. The second-order valence-electron chi connectivity index (χ2n) is 5.19. The molecule has 0 aliphatic carbocycles. The predicted octanol–water partition coefficient (Wildman–Crippen LogP) is 2.00. The minimum Gasteiger partial charge on any atom is -0.385 e. The molecule has 18 heavy (non-hydrogen) atoms. The van der Waals surface area contributed by atoms with Crippen LogP contribution < -0.4 is 5.32 Å². The van der Waals surface area contributed by atoms with Crippen LogP contribution in [0.25, 0.3) is 0 Å². The monoisotopic (exact) mass is 256 g/mol. The van der Waals surface area contributed by atoms with E-state index in [1.807, 2.05) is 4.90 Å². The summed E-state index contributed by atoms with van der Waals surface area (Å²) in [5.41, 5.74) is 0. The maximum Gasteiger partial charge on any atom is 0.241 e. The molecule has 4 nitrogen and oxygen atoms in total. The number of nitrogens with zero attached hydrogens (tertiary/aromatic N) is 1. The number of amides is 1. The zero-order valence-electron chi connectivity index (χ0n) is 12.2. The van der Waals surface area contributed by atoms with E-state index in [4.69, 9.17) is 4.74 Å². The summed E-state index contributed by atoms with van der Waals surface area (Å²) < 4.78 is 5.04. The van der Waals surface area contributed by atoms with E-state index in [1.54, 1.807) is 7.11 Å². The Balaban J connectivity index is 2.51. The maximum atomic E-state index is 12.4. The molecule has 0 spiro atoms. The van der Waals surface area contributed by atoms with Gasteiger partial charge < -0.3 is 9.64 Å². The molecule has 1 aliphatic heterocycles. The highest BCUT2D eigenvalue weighted by Crippen LogP contribution is 2.21. The Bertz CT molecular complexity index is 258. The van der Waals surface area contributed by atoms with Gasteiger partial charge in [0, 0.05) is 20.3 Å². The summed E-state index contributed by atoms with van der Waals surface area (Å²) in [7, 11) is 1.72. The summed E-state index contributed by atoms with van der Waals surface area (Å²) in [6, 6.07) is 0.0161. The Morgan fingerprint density at radius 2 is 2.11 bits per heavy atom. The average molecular weight is 256 g/mol. The number of nitrogens with one attached hydrogen (secondary N) is 1. The molecule has 1 amide bonds. The molecule has 3 atom stereocenters. The quantitative estimate of drug-likeness (QED) is 0.675. The molecule has 1 fully saturated rings. The van der Waals surface area contributed by atoms with Crippen LogP contribution in [0.1, 0.15) is 46.5 Å². The number of ether oxygens (including phenoxy) is 1. The Morgan fingerprint density at radius 1 is 1.39 bits per heavy atom. The standard InChI is InChI=1S/C14H28N2O2/c1-5-11(3)13-14(17)16(12(6-2)15-13)9-7-8-10-18-4/h11-13,15H,5-10H2,1-4H3. The second-order valence-corrected chi connectivity index (χ2v) is 5.19. The van der Waals surface area contributed by atoms with Crippen molar-refractivity contribution in [3.8, 4) is 0 Å².